The lowest BCUT2D eigenvalue weighted by atomic mass is 9.92. The van der Waals surface area contributed by atoms with Gasteiger partial charge in [0.2, 0.25) is 0 Å². The third kappa shape index (κ3) is 2.48. The first-order valence-electron chi connectivity index (χ1n) is 4.66. The minimum atomic E-state index is -0.143. The van der Waals surface area contributed by atoms with Gasteiger partial charge in [-0.15, -0.1) is 0 Å². The molecular weight excluding hydrogens is 154 g/mol. The molecule has 1 rings (SSSR count). The standard InChI is InChI=1S/C9H17NO2/c1-3-12-9(11)7(2)10-8-5-4-6-8/h7-8,10H,3-6H2,1-2H3. The molecule has 0 aromatic rings. The Balaban J connectivity index is 2.16. The highest BCUT2D eigenvalue weighted by Gasteiger charge is 2.22. The number of hydrogen-bond acceptors (Lipinski definition) is 3. The molecule has 0 spiro atoms. The fourth-order valence-corrected chi connectivity index (χ4v) is 1.26. The number of nitrogens with one attached hydrogen (secondary N) is 1. The first-order valence-corrected chi connectivity index (χ1v) is 4.66. The first-order chi connectivity index (χ1) is 5.74. The third-order valence-corrected chi connectivity index (χ3v) is 2.23. The molecule has 1 saturated carbocycles. The zero-order valence-electron chi connectivity index (χ0n) is 7.80. The highest BCUT2D eigenvalue weighted by Crippen LogP contribution is 2.18. The lowest BCUT2D eigenvalue weighted by Crippen LogP contribution is -2.45. The summed E-state index contributed by atoms with van der Waals surface area (Å²) in [5, 5.41) is 3.23. The van der Waals surface area contributed by atoms with Gasteiger partial charge in [-0.25, -0.2) is 0 Å². The van der Waals surface area contributed by atoms with Crippen LogP contribution in [0.1, 0.15) is 33.1 Å². The van der Waals surface area contributed by atoms with Crippen molar-refractivity contribution < 1.29 is 9.53 Å². The molecule has 0 heterocycles. The van der Waals surface area contributed by atoms with E-state index in [1.165, 1.54) is 19.3 Å². The maximum absolute atomic E-state index is 11.1. The van der Waals surface area contributed by atoms with E-state index >= 15 is 0 Å². The molecule has 12 heavy (non-hydrogen) atoms. The SMILES string of the molecule is CCOC(=O)C(C)NC1CCC1. The summed E-state index contributed by atoms with van der Waals surface area (Å²) in [5.74, 6) is -0.135. The predicted molar refractivity (Wildman–Crippen MR) is 46.9 cm³/mol. The Bertz CT molecular complexity index is 155. The van der Waals surface area contributed by atoms with E-state index in [1.54, 1.807) is 0 Å². The van der Waals surface area contributed by atoms with Crippen LogP contribution in [0.15, 0.2) is 0 Å². The summed E-state index contributed by atoms with van der Waals surface area (Å²) in [6.07, 6.45) is 3.68. The van der Waals surface area contributed by atoms with Crippen LogP contribution in [0.4, 0.5) is 0 Å². The van der Waals surface area contributed by atoms with Crippen molar-refractivity contribution in [3.05, 3.63) is 0 Å². The quantitative estimate of drug-likeness (QED) is 0.643. The lowest BCUT2D eigenvalue weighted by Gasteiger charge is -2.28. The van der Waals surface area contributed by atoms with Crippen LogP contribution in [0.25, 0.3) is 0 Å². The maximum Gasteiger partial charge on any atom is 0.322 e. The van der Waals surface area contributed by atoms with Gasteiger partial charge in [-0.3, -0.25) is 4.79 Å². The van der Waals surface area contributed by atoms with E-state index in [1.807, 2.05) is 13.8 Å². The van der Waals surface area contributed by atoms with Crippen molar-refractivity contribution in [3.63, 3.8) is 0 Å². The Morgan fingerprint density at radius 3 is 2.75 bits per heavy atom. The molecule has 1 aliphatic rings. The molecule has 3 nitrogen and oxygen atoms in total. The second-order valence-corrected chi connectivity index (χ2v) is 3.27. The highest BCUT2D eigenvalue weighted by molar-refractivity contribution is 5.75. The molecule has 1 fully saturated rings. The van der Waals surface area contributed by atoms with E-state index in [9.17, 15) is 4.79 Å². The molecule has 0 saturated heterocycles. The van der Waals surface area contributed by atoms with Crippen LogP contribution < -0.4 is 5.32 Å². The smallest absolute Gasteiger partial charge is 0.322 e. The van der Waals surface area contributed by atoms with E-state index in [2.05, 4.69) is 5.32 Å². The molecule has 0 aromatic heterocycles. The summed E-state index contributed by atoms with van der Waals surface area (Å²) in [6, 6.07) is 0.402. The van der Waals surface area contributed by atoms with Crippen LogP contribution in [0.2, 0.25) is 0 Å². The minimum absolute atomic E-state index is 0.135. The molecule has 1 atom stereocenters. The molecule has 70 valence electrons. The van der Waals surface area contributed by atoms with Gasteiger partial charge in [0, 0.05) is 6.04 Å². The highest BCUT2D eigenvalue weighted by atomic mass is 16.5. The number of carbonyl (C=O) groups is 1. The fourth-order valence-electron chi connectivity index (χ4n) is 1.26. The maximum atomic E-state index is 11.1. The zero-order chi connectivity index (χ0) is 8.97. The van der Waals surface area contributed by atoms with Crippen molar-refractivity contribution in [3.8, 4) is 0 Å². The summed E-state index contributed by atoms with van der Waals surface area (Å²) < 4.78 is 4.87. The van der Waals surface area contributed by atoms with Gasteiger partial charge in [0.1, 0.15) is 6.04 Å². The topological polar surface area (TPSA) is 38.3 Å². The van der Waals surface area contributed by atoms with Crippen molar-refractivity contribution in [1.29, 1.82) is 0 Å². The Hall–Kier alpha value is -0.570. The molecule has 1 N–H and O–H groups in total. The molecule has 0 amide bonds. The first kappa shape index (κ1) is 9.52. The van der Waals surface area contributed by atoms with Crippen LogP contribution >= 0.6 is 0 Å². The lowest BCUT2D eigenvalue weighted by molar-refractivity contribution is -0.145. The Morgan fingerprint density at radius 2 is 2.33 bits per heavy atom. The van der Waals surface area contributed by atoms with E-state index < -0.39 is 0 Å². The van der Waals surface area contributed by atoms with Gasteiger partial charge in [0.15, 0.2) is 0 Å². The zero-order valence-corrected chi connectivity index (χ0v) is 7.80. The van der Waals surface area contributed by atoms with E-state index in [4.69, 9.17) is 4.74 Å². The average molecular weight is 171 g/mol. The Labute approximate surface area is 73.5 Å². The summed E-state index contributed by atoms with van der Waals surface area (Å²) in [6.45, 7) is 4.15. The summed E-state index contributed by atoms with van der Waals surface area (Å²) >= 11 is 0. The van der Waals surface area contributed by atoms with Gasteiger partial charge in [-0.1, -0.05) is 6.42 Å². The van der Waals surface area contributed by atoms with Crippen LogP contribution in [-0.4, -0.2) is 24.7 Å². The third-order valence-electron chi connectivity index (χ3n) is 2.23. The largest absolute Gasteiger partial charge is 0.465 e. The molecule has 0 aromatic carbocycles. The van der Waals surface area contributed by atoms with Crippen LogP contribution in [-0.2, 0) is 9.53 Å². The second kappa shape index (κ2) is 4.45. The molecule has 0 aliphatic heterocycles. The molecule has 0 bridgehead atoms. The second-order valence-electron chi connectivity index (χ2n) is 3.27. The number of rotatable bonds is 4. The molecule has 1 aliphatic carbocycles. The predicted octanol–water partition coefficient (Wildman–Crippen LogP) is 1.08. The number of ether oxygens (including phenoxy) is 1. The number of esters is 1. The summed E-state index contributed by atoms with van der Waals surface area (Å²) in [7, 11) is 0. The van der Waals surface area contributed by atoms with E-state index in [0.717, 1.165) is 0 Å². The Kier molecular flexibility index (Phi) is 3.53. The number of hydrogen-bond donors (Lipinski definition) is 1. The monoisotopic (exact) mass is 171 g/mol. The van der Waals surface area contributed by atoms with Crippen molar-refractivity contribution in [2.45, 2.75) is 45.2 Å². The van der Waals surface area contributed by atoms with Crippen molar-refractivity contribution >= 4 is 5.97 Å². The van der Waals surface area contributed by atoms with Gasteiger partial charge in [0.25, 0.3) is 0 Å². The number of carbonyl (C=O) groups excluding carboxylic acids is 1. The minimum Gasteiger partial charge on any atom is -0.465 e. The van der Waals surface area contributed by atoms with E-state index in [-0.39, 0.29) is 12.0 Å². The molecule has 0 radical (unpaired) electrons. The van der Waals surface area contributed by atoms with Crippen molar-refractivity contribution in [2.75, 3.05) is 6.61 Å². The summed E-state index contributed by atoms with van der Waals surface area (Å²) in [5.41, 5.74) is 0. The van der Waals surface area contributed by atoms with Crippen molar-refractivity contribution in [1.82, 2.24) is 5.32 Å². The average Bonchev–Trinajstić information content (AvgIpc) is 1.97. The normalized spacial score (nSPS) is 19.8. The van der Waals surface area contributed by atoms with Gasteiger partial charge in [-0.05, 0) is 26.7 Å². The van der Waals surface area contributed by atoms with Gasteiger partial charge in [-0.2, -0.15) is 0 Å². The fraction of sp³-hybridized carbons (Fsp3) is 0.889. The summed E-state index contributed by atoms with van der Waals surface area (Å²) in [4.78, 5) is 11.1. The Morgan fingerprint density at radius 1 is 1.67 bits per heavy atom. The van der Waals surface area contributed by atoms with Gasteiger partial charge >= 0.3 is 5.97 Å². The van der Waals surface area contributed by atoms with Crippen LogP contribution in [0, 0.1) is 0 Å². The van der Waals surface area contributed by atoms with Crippen molar-refractivity contribution in [2.24, 2.45) is 0 Å². The molecule has 1 unspecified atom stereocenters. The molecule has 3 heteroatoms. The van der Waals surface area contributed by atoms with Crippen LogP contribution in [0.5, 0.6) is 0 Å². The van der Waals surface area contributed by atoms with Gasteiger partial charge in [0.05, 0.1) is 6.61 Å². The molecular formula is C9H17NO2. The van der Waals surface area contributed by atoms with Crippen LogP contribution in [0.3, 0.4) is 0 Å². The van der Waals surface area contributed by atoms with Gasteiger partial charge < -0.3 is 10.1 Å². The van der Waals surface area contributed by atoms with E-state index in [0.29, 0.717) is 12.6 Å².